The van der Waals surface area contributed by atoms with Crippen molar-refractivity contribution in [3.8, 4) is 0 Å². The van der Waals surface area contributed by atoms with Gasteiger partial charge in [0.25, 0.3) is 0 Å². The zero-order valence-corrected chi connectivity index (χ0v) is 19.6. The summed E-state index contributed by atoms with van der Waals surface area (Å²) in [4.78, 5) is 17.5. The molecular formula is C25H20ClF4N5O. The number of aromatic nitrogens is 3. The van der Waals surface area contributed by atoms with Gasteiger partial charge in [0.05, 0.1) is 16.3 Å². The molecular weight excluding hydrogens is 498 g/mol. The predicted octanol–water partition coefficient (Wildman–Crippen LogP) is 5.93. The Morgan fingerprint density at radius 2 is 1.75 bits per heavy atom. The summed E-state index contributed by atoms with van der Waals surface area (Å²) in [7, 11) is 1.66. The van der Waals surface area contributed by atoms with Crippen molar-refractivity contribution in [3.05, 3.63) is 112 Å². The topological polar surface area (TPSA) is 71.8 Å². The van der Waals surface area contributed by atoms with Crippen LogP contribution in [-0.4, -0.2) is 20.8 Å². The number of benzene rings is 2. The molecule has 2 amide bonds. The Labute approximate surface area is 208 Å². The Kier molecular flexibility index (Phi) is 6.98. The van der Waals surface area contributed by atoms with Crippen LogP contribution in [0.25, 0.3) is 0 Å². The van der Waals surface area contributed by atoms with Gasteiger partial charge < -0.3 is 5.32 Å². The highest BCUT2D eigenvalue weighted by atomic mass is 35.5. The van der Waals surface area contributed by atoms with Gasteiger partial charge in [-0.3, -0.25) is 15.0 Å². The number of rotatable bonds is 6. The third-order valence-electron chi connectivity index (χ3n) is 5.48. The SMILES string of the molecule is Cn1ccc(NC(=O)N[C@](Cc2ccccc2)(c2cc(F)cc(C(F)(F)F)c2)c2ccc(Cl)cn2)n1. The van der Waals surface area contributed by atoms with E-state index in [9.17, 15) is 22.4 Å². The van der Waals surface area contributed by atoms with Crippen molar-refractivity contribution in [2.45, 2.75) is 18.1 Å². The van der Waals surface area contributed by atoms with Gasteiger partial charge in [0, 0.05) is 31.9 Å². The van der Waals surface area contributed by atoms with Gasteiger partial charge in [0.2, 0.25) is 0 Å². The molecule has 0 aliphatic carbocycles. The molecule has 0 aliphatic heterocycles. The fourth-order valence-electron chi connectivity index (χ4n) is 3.87. The summed E-state index contributed by atoms with van der Waals surface area (Å²) in [5.74, 6) is -0.902. The van der Waals surface area contributed by atoms with E-state index in [0.29, 0.717) is 11.6 Å². The molecule has 0 unspecified atom stereocenters. The number of carbonyl (C=O) groups is 1. The lowest BCUT2D eigenvalue weighted by Gasteiger charge is -2.35. The monoisotopic (exact) mass is 517 g/mol. The van der Waals surface area contributed by atoms with Crippen LogP contribution >= 0.6 is 11.6 Å². The number of anilines is 1. The number of carbonyl (C=O) groups excluding carboxylic acids is 1. The van der Waals surface area contributed by atoms with E-state index in [1.807, 2.05) is 0 Å². The van der Waals surface area contributed by atoms with Crippen LogP contribution in [0.3, 0.4) is 0 Å². The Balaban J connectivity index is 1.91. The number of amides is 2. The molecule has 0 fully saturated rings. The third-order valence-corrected chi connectivity index (χ3v) is 5.70. The molecule has 4 rings (SSSR count). The minimum absolute atomic E-state index is 0.0428. The summed E-state index contributed by atoms with van der Waals surface area (Å²) < 4.78 is 57.1. The number of nitrogens with one attached hydrogen (secondary N) is 2. The highest BCUT2D eigenvalue weighted by molar-refractivity contribution is 6.30. The van der Waals surface area contributed by atoms with E-state index in [1.54, 1.807) is 49.6 Å². The van der Waals surface area contributed by atoms with Crippen LogP contribution < -0.4 is 10.6 Å². The van der Waals surface area contributed by atoms with Gasteiger partial charge >= 0.3 is 12.2 Å². The van der Waals surface area contributed by atoms with Crippen molar-refractivity contribution in [1.29, 1.82) is 0 Å². The standard InChI is InChI=1S/C25H20ClF4N5O/c1-35-10-9-22(34-35)32-23(36)33-24(14-16-5-3-2-4-6-16,21-8-7-19(26)15-31-21)17-11-18(25(28,29)30)13-20(27)12-17/h2-13,15H,14H2,1H3,(H2,32,33,34,36)/t24-/m1/s1. The average molecular weight is 518 g/mol. The normalized spacial score (nSPS) is 13.2. The van der Waals surface area contributed by atoms with E-state index >= 15 is 0 Å². The van der Waals surface area contributed by atoms with Crippen molar-refractivity contribution in [1.82, 2.24) is 20.1 Å². The van der Waals surface area contributed by atoms with Crippen LogP contribution in [0.15, 0.2) is 79.1 Å². The molecule has 2 aromatic heterocycles. The molecule has 11 heteroatoms. The third kappa shape index (κ3) is 5.65. The Bertz CT molecular complexity index is 1360. The number of pyridine rings is 1. The fourth-order valence-corrected chi connectivity index (χ4v) is 3.99. The number of urea groups is 1. The molecule has 1 atom stereocenters. The number of hydrogen-bond acceptors (Lipinski definition) is 3. The van der Waals surface area contributed by atoms with Crippen molar-refractivity contribution in [2.75, 3.05) is 5.32 Å². The van der Waals surface area contributed by atoms with E-state index in [4.69, 9.17) is 11.6 Å². The lowest BCUT2D eigenvalue weighted by Crippen LogP contribution is -2.51. The van der Waals surface area contributed by atoms with Crippen molar-refractivity contribution in [3.63, 3.8) is 0 Å². The summed E-state index contributed by atoms with van der Waals surface area (Å²) in [5.41, 5.74) is -2.25. The number of aryl methyl sites for hydroxylation is 1. The maximum Gasteiger partial charge on any atom is 0.416 e. The Hall–Kier alpha value is -3.92. The number of alkyl halides is 3. The number of nitrogens with zero attached hydrogens (tertiary/aromatic N) is 3. The second-order valence-corrected chi connectivity index (χ2v) is 8.55. The fraction of sp³-hybridized carbons (Fsp3) is 0.160. The maximum absolute atomic E-state index is 14.6. The molecule has 0 bridgehead atoms. The zero-order chi connectivity index (χ0) is 25.9. The molecule has 2 aromatic carbocycles. The van der Waals surface area contributed by atoms with Gasteiger partial charge in [-0.15, -0.1) is 0 Å². The summed E-state index contributed by atoms with van der Waals surface area (Å²) in [6.07, 6.45) is -1.95. The molecule has 0 aliphatic rings. The average Bonchev–Trinajstić information content (AvgIpc) is 3.23. The first-order valence-electron chi connectivity index (χ1n) is 10.7. The van der Waals surface area contributed by atoms with Gasteiger partial charge in [0.15, 0.2) is 5.82 Å². The summed E-state index contributed by atoms with van der Waals surface area (Å²) in [6.45, 7) is 0. The smallest absolute Gasteiger partial charge is 0.322 e. The minimum atomic E-state index is -4.82. The first-order valence-corrected chi connectivity index (χ1v) is 11.1. The summed E-state index contributed by atoms with van der Waals surface area (Å²) in [5, 5.41) is 9.68. The molecule has 0 saturated heterocycles. The first-order chi connectivity index (χ1) is 17.0. The van der Waals surface area contributed by atoms with Crippen LogP contribution in [-0.2, 0) is 25.2 Å². The van der Waals surface area contributed by atoms with Gasteiger partial charge in [-0.25, -0.2) is 9.18 Å². The summed E-state index contributed by atoms with van der Waals surface area (Å²) >= 11 is 6.01. The van der Waals surface area contributed by atoms with E-state index in [1.165, 1.54) is 23.0 Å². The largest absolute Gasteiger partial charge is 0.416 e. The molecule has 2 heterocycles. The number of hydrogen-bond donors (Lipinski definition) is 2. The lowest BCUT2D eigenvalue weighted by molar-refractivity contribution is -0.137. The quantitative estimate of drug-likeness (QED) is 0.311. The van der Waals surface area contributed by atoms with E-state index in [-0.39, 0.29) is 28.5 Å². The van der Waals surface area contributed by atoms with Gasteiger partial charge in [-0.1, -0.05) is 41.9 Å². The van der Waals surface area contributed by atoms with Crippen LogP contribution in [0.5, 0.6) is 0 Å². The number of halogens is 5. The molecule has 4 aromatic rings. The zero-order valence-electron chi connectivity index (χ0n) is 18.9. The van der Waals surface area contributed by atoms with Crippen LogP contribution in [0, 0.1) is 5.82 Å². The molecule has 0 spiro atoms. The van der Waals surface area contributed by atoms with Crippen LogP contribution in [0.1, 0.15) is 22.4 Å². The highest BCUT2D eigenvalue weighted by Gasteiger charge is 2.41. The van der Waals surface area contributed by atoms with Crippen LogP contribution in [0.4, 0.5) is 28.2 Å². The predicted molar refractivity (Wildman–Crippen MR) is 127 cm³/mol. The molecule has 36 heavy (non-hydrogen) atoms. The Morgan fingerprint density at radius 3 is 2.36 bits per heavy atom. The second-order valence-electron chi connectivity index (χ2n) is 8.11. The van der Waals surface area contributed by atoms with Crippen molar-refractivity contribution in [2.24, 2.45) is 7.05 Å². The molecule has 186 valence electrons. The first kappa shape index (κ1) is 25.2. The summed E-state index contributed by atoms with van der Waals surface area (Å²) in [6, 6.07) is 14.7. The van der Waals surface area contributed by atoms with Crippen LogP contribution in [0.2, 0.25) is 5.02 Å². The second kappa shape index (κ2) is 9.98. The van der Waals surface area contributed by atoms with Crippen molar-refractivity contribution >= 4 is 23.4 Å². The Morgan fingerprint density at radius 1 is 1.03 bits per heavy atom. The van der Waals surface area contributed by atoms with E-state index in [2.05, 4.69) is 20.7 Å². The van der Waals surface area contributed by atoms with Gasteiger partial charge in [0.1, 0.15) is 11.4 Å². The van der Waals surface area contributed by atoms with Crippen molar-refractivity contribution < 1.29 is 22.4 Å². The maximum atomic E-state index is 14.6. The lowest BCUT2D eigenvalue weighted by atomic mass is 9.80. The minimum Gasteiger partial charge on any atom is -0.322 e. The van der Waals surface area contributed by atoms with Gasteiger partial charge in [-0.2, -0.15) is 18.3 Å². The molecule has 0 saturated carbocycles. The van der Waals surface area contributed by atoms with Gasteiger partial charge in [-0.05, 0) is 41.5 Å². The molecule has 0 radical (unpaired) electrons. The van der Waals surface area contributed by atoms with E-state index in [0.717, 1.165) is 12.1 Å². The highest BCUT2D eigenvalue weighted by Crippen LogP contribution is 2.38. The van der Waals surface area contributed by atoms with E-state index < -0.39 is 29.1 Å². The molecule has 2 N–H and O–H groups in total. The molecule has 6 nitrogen and oxygen atoms in total.